The summed E-state index contributed by atoms with van der Waals surface area (Å²) in [5, 5.41) is 3.39. The van der Waals surface area contributed by atoms with Crippen molar-refractivity contribution < 1.29 is 4.74 Å². The SMILES string of the molecule is CNC(c1cccc(C)c1)C(OC)C1CC1. The smallest absolute Gasteiger partial charge is 0.0793 e. The minimum Gasteiger partial charge on any atom is -0.379 e. The second kappa shape index (κ2) is 4.98. The first-order valence-electron chi connectivity index (χ1n) is 6.03. The highest BCUT2D eigenvalue weighted by molar-refractivity contribution is 5.26. The number of rotatable bonds is 5. The van der Waals surface area contributed by atoms with Crippen LogP contribution in [-0.4, -0.2) is 20.3 Å². The molecule has 1 saturated carbocycles. The van der Waals surface area contributed by atoms with Crippen LogP contribution < -0.4 is 5.32 Å². The van der Waals surface area contributed by atoms with Gasteiger partial charge in [-0.05, 0) is 38.3 Å². The molecule has 0 radical (unpaired) electrons. The van der Waals surface area contributed by atoms with Crippen LogP contribution in [0.5, 0.6) is 0 Å². The van der Waals surface area contributed by atoms with Gasteiger partial charge < -0.3 is 10.1 Å². The number of hydrogen-bond donors (Lipinski definition) is 1. The predicted octanol–water partition coefficient (Wildman–Crippen LogP) is 2.68. The van der Waals surface area contributed by atoms with Gasteiger partial charge in [0.25, 0.3) is 0 Å². The van der Waals surface area contributed by atoms with Crippen molar-refractivity contribution in [2.24, 2.45) is 5.92 Å². The maximum Gasteiger partial charge on any atom is 0.0793 e. The number of hydrogen-bond acceptors (Lipinski definition) is 2. The van der Waals surface area contributed by atoms with Crippen LogP contribution in [0, 0.1) is 12.8 Å². The van der Waals surface area contributed by atoms with Crippen molar-refractivity contribution in [3.05, 3.63) is 35.4 Å². The van der Waals surface area contributed by atoms with E-state index in [0.717, 1.165) is 5.92 Å². The van der Waals surface area contributed by atoms with Gasteiger partial charge in [-0.15, -0.1) is 0 Å². The average Bonchev–Trinajstić information content (AvgIpc) is 3.09. The van der Waals surface area contributed by atoms with Gasteiger partial charge in [0.2, 0.25) is 0 Å². The Hall–Kier alpha value is -0.860. The Morgan fingerprint density at radius 2 is 2.12 bits per heavy atom. The number of benzene rings is 1. The molecule has 0 bridgehead atoms. The van der Waals surface area contributed by atoms with Crippen molar-refractivity contribution in [3.8, 4) is 0 Å². The molecule has 1 aromatic rings. The van der Waals surface area contributed by atoms with Gasteiger partial charge in [0.1, 0.15) is 0 Å². The molecule has 2 atom stereocenters. The third-order valence-electron chi connectivity index (χ3n) is 3.40. The first-order chi connectivity index (χ1) is 7.76. The Bertz CT molecular complexity index is 346. The molecule has 88 valence electrons. The summed E-state index contributed by atoms with van der Waals surface area (Å²) in [6.45, 7) is 2.13. The largest absolute Gasteiger partial charge is 0.379 e. The molecule has 2 rings (SSSR count). The molecule has 16 heavy (non-hydrogen) atoms. The van der Waals surface area contributed by atoms with E-state index in [1.54, 1.807) is 0 Å². The van der Waals surface area contributed by atoms with Crippen molar-refractivity contribution in [1.29, 1.82) is 0 Å². The minimum atomic E-state index is 0.312. The number of likely N-dealkylation sites (N-methyl/N-ethyl adjacent to an activating group) is 1. The van der Waals surface area contributed by atoms with Crippen molar-refractivity contribution >= 4 is 0 Å². The minimum absolute atomic E-state index is 0.312. The van der Waals surface area contributed by atoms with Gasteiger partial charge in [-0.2, -0.15) is 0 Å². The van der Waals surface area contributed by atoms with Crippen molar-refractivity contribution in [2.75, 3.05) is 14.2 Å². The summed E-state index contributed by atoms with van der Waals surface area (Å²) in [4.78, 5) is 0. The van der Waals surface area contributed by atoms with E-state index in [4.69, 9.17) is 4.74 Å². The molecule has 2 heteroatoms. The summed E-state index contributed by atoms with van der Waals surface area (Å²) in [5.74, 6) is 0.739. The third-order valence-corrected chi connectivity index (χ3v) is 3.40. The van der Waals surface area contributed by atoms with Gasteiger partial charge in [-0.3, -0.25) is 0 Å². The van der Waals surface area contributed by atoms with Crippen LogP contribution >= 0.6 is 0 Å². The molecule has 1 N–H and O–H groups in total. The van der Waals surface area contributed by atoms with Crippen LogP contribution in [0.3, 0.4) is 0 Å². The lowest BCUT2D eigenvalue weighted by Crippen LogP contribution is -2.32. The Labute approximate surface area is 98.0 Å². The van der Waals surface area contributed by atoms with Crippen molar-refractivity contribution in [1.82, 2.24) is 5.32 Å². The van der Waals surface area contributed by atoms with Gasteiger partial charge in [-0.25, -0.2) is 0 Å². The van der Waals surface area contributed by atoms with E-state index in [2.05, 4.69) is 36.5 Å². The second-order valence-corrected chi connectivity index (χ2v) is 4.72. The monoisotopic (exact) mass is 219 g/mol. The van der Waals surface area contributed by atoms with E-state index in [1.165, 1.54) is 24.0 Å². The molecule has 1 aliphatic carbocycles. The van der Waals surface area contributed by atoms with E-state index in [1.807, 2.05) is 14.2 Å². The third kappa shape index (κ3) is 2.45. The first-order valence-corrected chi connectivity index (χ1v) is 6.03. The van der Waals surface area contributed by atoms with Crippen LogP contribution in [0.4, 0.5) is 0 Å². The van der Waals surface area contributed by atoms with Crippen LogP contribution in [0.1, 0.15) is 30.0 Å². The number of methoxy groups -OCH3 is 1. The normalized spacial score (nSPS) is 19.4. The summed E-state index contributed by atoms with van der Waals surface area (Å²) in [6.07, 6.45) is 2.93. The highest BCUT2D eigenvalue weighted by atomic mass is 16.5. The summed E-state index contributed by atoms with van der Waals surface area (Å²) in [5.41, 5.74) is 2.64. The van der Waals surface area contributed by atoms with E-state index in [-0.39, 0.29) is 0 Å². The summed E-state index contributed by atoms with van der Waals surface area (Å²) in [6, 6.07) is 9.00. The van der Waals surface area contributed by atoms with Gasteiger partial charge >= 0.3 is 0 Å². The highest BCUT2D eigenvalue weighted by Gasteiger charge is 2.36. The zero-order valence-corrected chi connectivity index (χ0v) is 10.4. The van der Waals surface area contributed by atoms with Crippen molar-refractivity contribution in [3.63, 3.8) is 0 Å². The molecular formula is C14H21NO. The lowest BCUT2D eigenvalue weighted by atomic mass is 9.97. The highest BCUT2D eigenvalue weighted by Crippen LogP contribution is 2.39. The first kappa shape index (κ1) is 11.6. The molecule has 0 amide bonds. The van der Waals surface area contributed by atoms with E-state index in [0.29, 0.717) is 12.1 Å². The number of nitrogens with one attached hydrogen (secondary N) is 1. The van der Waals surface area contributed by atoms with Gasteiger partial charge in [0, 0.05) is 7.11 Å². The van der Waals surface area contributed by atoms with Crippen LogP contribution in [0.2, 0.25) is 0 Å². The van der Waals surface area contributed by atoms with Crippen LogP contribution in [0.25, 0.3) is 0 Å². The van der Waals surface area contributed by atoms with Crippen LogP contribution in [0.15, 0.2) is 24.3 Å². The second-order valence-electron chi connectivity index (χ2n) is 4.72. The van der Waals surface area contributed by atoms with Crippen molar-refractivity contribution in [2.45, 2.75) is 31.9 Å². The molecule has 0 spiro atoms. The van der Waals surface area contributed by atoms with E-state index < -0.39 is 0 Å². The molecule has 1 aromatic carbocycles. The molecule has 0 aromatic heterocycles. The molecule has 2 unspecified atom stereocenters. The van der Waals surface area contributed by atoms with Crippen LogP contribution in [-0.2, 0) is 4.74 Å². The molecule has 0 aliphatic heterocycles. The fraction of sp³-hybridized carbons (Fsp3) is 0.571. The lowest BCUT2D eigenvalue weighted by Gasteiger charge is -2.26. The topological polar surface area (TPSA) is 21.3 Å². The van der Waals surface area contributed by atoms with Gasteiger partial charge in [0.05, 0.1) is 12.1 Å². The van der Waals surface area contributed by atoms with Gasteiger partial charge in [0.15, 0.2) is 0 Å². The lowest BCUT2D eigenvalue weighted by molar-refractivity contribution is 0.0530. The van der Waals surface area contributed by atoms with E-state index >= 15 is 0 Å². The Balaban J connectivity index is 2.20. The summed E-state index contributed by atoms with van der Waals surface area (Å²) >= 11 is 0. The number of aryl methyl sites for hydroxylation is 1. The summed E-state index contributed by atoms with van der Waals surface area (Å²) in [7, 11) is 3.84. The van der Waals surface area contributed by atoms with E-state index in [9.17, 15) is 0 Å². The quantitative estimate of drug-likeness (QED) is 0.822. The maximum absolute atomic E-state index is 5.66. The standard InChI is InChI=1S/C14H21NO/c1-10-5-4-6-12(9-10)13(15-2)14(16-3)11-7-8-11/h4-6,9,11,13-15H,7-8H2,1-3H3. The zero-order chi connectivity index (χ0) is 11.5. The molecule has 2 nitrogen and oxygen atoms in total. The summed E-state index contributed by atoms with van der Waals surface area (Å²) < 4.78 is 5.66. The maximum atomic E-state index is 5.66. The van der Waals surface area contributed by atoms with Gasteiger partial charge in [-0.1, -0.05) is 29.8 Å². The average molecular weight is 219 g/mol. The fourth-order valence-corrected chi connectivity index (χ4v) is 2.41. The Morgan fingerprint density at radius 1 is 1.38 bits per heavy atom. The molecular weight excluding hydrogens is 198 g/mol. The Morgan fingerprint density at radius 3 is 2.62 bits per heavy atom. The molecule has 0 heterocycles. The molecule has 0 saturated heterocycles. The predicted molar refractivity (Wildman–Crippen MR) is 66.5 cm³/mol. The Kier molecular flexibility index (Phi) is 3.62. The number of ether oxygens (including phenoxy) is 1. The molecule has 1 fully saturated rings. The zero-order valence-electron chi connectivity index (χ0n) is 10.4. The molecule has 1 aliphatic rings. The fourth-order valence-electron chi connectivity index (χ4n) is 2.41.